The number of nitrogens with one attached hydrogen (secondary N) is 3. The average molecular weight is 275 g/mol. The van der Waals surface area contributed by atoms with Crippen LogP contribution in [0.1, 0.15) is 18.4 Å². The van der Waals surface area contributed by atoms with Gasteiger partial charge in [-0.2, -0.15) is 0 Å². The van der Waals surface area contributed by atoms with Crippen molar-refractivity contribution in [1.82, 2.24) is 16.0 Å². The van der Waals surface area contributed by atoms with Gasteiger partial charge in [-0.05, 0) is 24.9 Å². The third-order valence-electron chi connectivity index (χ3n) is 3.32. The van der Waals surface area contributed by atoms with E-state index in [4.69, 9.17) is 0 Å². The van der Waals surface area contributed by atoms with Crippen molar-refractivity contribution in [3.8, 4) is 0 Å². The zero-order valence-corrected chi connectivity index (χ0v) is 11.5. The van der Waals surface area contributed by atoms with Crippen LogP contribution in [0.25, 0.3) is 0 Å². The second-order valence-electron chi connectivity index (χ2n) is 5.05. The first-order valence-corrected chi connectivity index (χ1v) is 7.05. The van der Waals surface area contributed by atoms with Crippen molar-refractivity contribution in [2.75, 3.05) is 19.6 Å². The molecule has 1 heterocycles. The van der Waals surface area contributed by atoms with Gasteiger partial charge in [0.25, 0.3) is 0 Å². The standard InChI is InChI=1S/C15H21N3O2/c19-14(9-12-5-2-1-3-6-12)17-11-15(20)18-13-7-4-8-16-10-13/h1-3,5-6,13,16H,4,7-11H2,(H,17,19)(H,18,20)/t13-/m0/s1. The second kappa shape index (κ2) is 7.65. The number of benzene rings is 1. The van der Waals surface area contributed by atoms with Crippen molar-refractivity contribution in [2.45, 2.75) is 25.3 Å². The van der Waals surface area contributed by atoms with Gasteiger partial charge in [0.2, 0.25) is 11.8 Å². The topological polar surface area (TPSA) is 70.2 Å². The Kier molecular flexibility index (Phi) is 5.55. The van der Waals surface area contributed by atoms with Gasteiger partial charge in [0.05, 0.1) is 13.0 Å². The molecule has 1 aliphatic rings. The average Bonchev–Trinajstić information content (AvgIpc) is 2.47. The van der Waals surface area contributed by atoms with Crippen LogP contribution in [0.5, 0.6) is 0 Å². The van der Waals surface area contributed by atoms with E-state index in [0.717, 1.165) is 31.5 Å². The number of piperidine rings is 1. The van der Waals surface area contributed by atoms with E-state index < -0.39 is 0 Å². The highest BCUT2D eigenvalue weighted by Gasteiger charge is 2.15. The highest BCUT2D eigenvalue weighted by molar-refractivity contribution is 5.85. The van der Waals surface area contributed by atoms with Crippen LogP contribution in [0.15, 0.2) is 30.3 Å². The summed E-state index contributed by atoms with van der Waals surface area (Å²) in [5.74, 6) is -0.256. The van der Waals surface area contributed by atoms with E-state index in [9.17, 15) is 9.59 Å². The molecule has 1 aliphatic heterocycles. The SMILES string of the molecule is O=C(Cc1ccccc1)NCC(=O)N[C@H]1CCCNC1. The van der Waals surface area contributed by atoms with Gasteiger partial charge in [0.1, 0.15) is 0 Å². The fourth-order valence-electron chi connectivity index (χ4n) is 2.28. The lowest BCUT2D eigenvalue weighted by atomic mass is 10.1. The van der Waals surface area contributed by atoms with Crippen LogP contribution in [0.2, 0.25) is 0 Å². The van der Waals surface area contributed by atoms with Crippen molar-refractivity contribution < 1.29 is 9.59 Å². The zero-order valence-electron chi connectivity index (χ0n) is 11.5. The maximum absolute atomic E-state index is 11.7. The fourth-order valence-corrected chi connectivity index (χ4v) is 2.28. The van der Waals surface area contributed by atoms with Gasteiger partial charge in [-0.15, -0.1) is 0 Å². The number of hydrogen-bond donors (Lipinski definition) is 3. The first-order valence-electron chi connectivity index (χ1n) is 7.05. The van der Waals surface area contributed by atoms with Gasteiger partial charge < -0.3 is 16.0 Å². The first-order chi connectivity index (χ1) is 9.74. The molecule has 1 atom stereocenters. The van der Waals surface area contributed by atoms with Gasteiger partial charge in [-0.25, -0.2) is 0 Å². The highest BCUT2D eigenvalue weighted by Crippen LogP contribution is 2.01. The molecule has 0 unspecified atom stereocenters. The fraction of sp³-hybridized carbons (Fsp3) is 0.467. The largest absolute Gasteiger partial charge is 0.351 e. The third kappa shape index (κ3) is 5.01. The second-order valence-corrected chi connectivity index (χ2v) is 5.05. The van der Waals surface area contributed by atoms with E-state index in [1.807, 2.05) is 30.3 Å². The Labute approximate surface area is 119 Å². The summed E-state index contributed by atoms with van der Waals surface area (Å²) in [6.07, 6.45) is 2.38. The number of hydrogen-bond acceptors (Lipinski definition) is 3. The van der Waals surface area contributed by atoms with Gasteiger partial charge in [0.15, 0.2) is 0 Å². The quantitative estimate of drug-likeness (QED) is 0.719. The minimum atomic E-state index is -0.131. The summed E-state index contributed by atoms with van der Waals surface area (Å²) in [6.45, 7) is 1.87. The molecule has 2 amide bonds. The molecule has 0 spiro atoms. The first kappa shape index (κ1) is 14.5. The smallest absolute Gasteiger partial charge is 0.239 e. The number of rotatable bonds is 5. The normalized spacial score (nSPS) is 18.3. The molecule has 1 fully saturated rings. The van der Waals surface area contributed by atoms with Crippen molar-refractivity contribution >= 4 is 11.8 Å². The summed E-state index contributed by atoms with van der Waals surface area (Å²) in [7, 11) is 0. The molecule has 5 nitrogen and oxygen atoms in total. The molecular formula is C15H21N3O2. The lowest BCUT2D eigenvalue weighted by Crippen LogP contribution is -2.48. The molecule has 2 rings (SSSR count). The summed E-state index contributed by atoms with van der Waals surface area (Å²) >= 11 is 0. The van der Waals surface area contributed by atoms with Crippen LogP contribution in [-0.2, 0) is 16.0 Å². The predicted molar refractivity (Wildman–Crippen MR) is 77.2 cm³/mol. The Balaban J connectivity index is 1.66. The Morgan fingerprint density at radius 3 is 2.70 bits per heavy atom. The Morgan fingerprint density at radius 2 is 2.00 bits per heavy atom. The zero-order chi connectivity index (χ0) is 14.2. The summed E-state index contributed by atoms with van der Waals surface area (Å²) < 4.78 is 0. The maximum atomic E-state index is 11.7. The van der Waals surface area contributed by atoms with Gasteiger partial charge in [-0.3, -0.25) is 9.59 Å². The monoisotopic (exact) mass is 275 g/mol. The molecule has 0 aliphatic carbocycles. The summed E-state index contributed by atoms with van der Waals surface area (Å²) in [5.41, 5.74) is 0.946. The summed E-state index contributed by atoms with van der Waals surface area (Å²) in [4.78, 5) is 23.4. The summed E-state index contributed by atoms with van der Waals surface area (Å²) in [6, 6.07) is 9.67. The third-order valence-corrected chi connectivity index (χ3v) is 3.32. The van der Waals surface area contributed by atoms with E-state index in [1.54, 1.807) is 0 Å². The van der Waals surface area contributed by atoms with Crippen LogP contribution >= 0.6 is 0 Å². The predicted octanol–water partition coefficient (Wildman–Crippen LogP) is 0.214. The summed E-state index contributed by atoms with van der Waals surface area (Å²) in [5, 5.41) is 8.81. The number of amides is 2. The molecule has 1 aromatic carbocycles. The van der Waals surface area contributed by atoms with Crippen molar-refractivity contribution in [3.05, 3.63) is 35.9 Å². The Bertz CT molecular complexity index is 442. The molecule has 0 aromatic heterocycles. The van der Waals surface area contributed by atoms with Gasteiger partial charge >= 0.3 is 0 Å². The molecule has 5 heteroatoms. The molecular weight excluding hydrogens is 254 g/mol. The molecule has 0 radical (unpaired) electrons. The van der Waals surface area contributed by atoms with Gasteiger partial charge in [-0.1, -0.05) is 30.3 Å². The maximum Gasteiger partial charge on any atom is 0.239 e. The van der Waals surface area contributed by atoms with E-state index in [2.05, 4.69) is 16.0 Å². The van der Waals surface area contributed by atoms with E-state index in [1.165, 1.54) is 0 Å². The van der Waals surface area contributed by atoms with Crippen LogP contribution < -0.4 is 16.0 Å². The van der Waals surface area contributed by atoms with Crippen molar-refractivity contribution in [1.29, 1.82) is 0 Å². The molecule has 0 bridgehead atoms. The molecule has 0 saturated carbocycles. The Morgan fingerprint density at radius 1 is 1.20 bits per heavy atom. The Hall–Kier alpha value is -1.88. The minimum Gasteiger partial charge on any atom is -0.351 e. The lowest BCUT2D eigenvalue weighted by Gasteiger charge is -2.23. The van der Waals surface area contributed by atoms with Gasteiger partial charge in [0, 0.05) is 12.6 Å². The number of carbonyl (C=O) groups excluding carboxylic acids is 2. The van der Waals surface area contributed by atoms with Crippen molar-refractivity contribution in [3.63, 3.8) is 0 Å². The molecule has 20 heavy (non-hydrogen) atoms. The van der Waals surface area contributed by atoms with Crippen LogP contribution in [0, 0.1) is 0 Å². The van der Waals surface area contributed by atoms with E-state index in [-0.39, 0.29) is 24.4 Å². The lowest BCUT2D eigenvalue weighted by molar-refractivity contribution is -0.126. The molecule has 3 N–H and O–H groups in total. The number of carbonyl (C=O) groups is 2. The highest BCUT2D eigenvalue weighted by atomic mass is 16.2. The minimum absolute atomic E-state index is 0.0438. The van der Waals surface area contributed by atoms with Crippen LogP contribution in [0.4, 0.5) is 0 Å². The van der Waals surface area contributed by atoms with Crippen LogP contribution in [-0.4, -0.2) is 37.5 Å². The van der Waals surface area contributed by atoms with E-state index >= 15 is 0 Å². The van der Waals surface area contributed by atoms with Crippen molar-refractivity contribution in [2.24, 2.45) is 0 Å². The molecule has 1 aromatic rings. The molecule has 108 valence electrons. The van der Waals surface area contributed by atoms with Crippen LogP contribution in [0.3, 0.4) is 0 Å². The van der Waals surface area contributed by atoms with E-state index in [0.29, 0.717) is 6.42 Å². The molecule has 1 saturated heterocycles.